The van der Waals surface area contributed by atoms with Crippen LogP contribution < -0.4 is 0 Å². The monoisotopic (exact) mass is 483 g/mol. The smallest absolute Gasteiger partial charge is 0.253 e. The second-order valence-electron chi connectivity index (χ2n) is 9.39. The number of sulfonamides is 1. The summed E-state index contributed by atoms with van der Waals surface area (Å²) in [7, 11) is 1.94. The Hall–Kier alpha value is -2.75. The van der Waals surface area contributed by atoms with E-state index < -0.39 is 10.0 Å². The average Bonchev–Trinajstić information content (AvgIpc) is 3.13. The molecule has 0 saturated carbocycles. The van der Waals surface area contributed by atoms with Crippen molar-refractivity contribution >= 4 is 27.0 Å². The molecule has 0 radical (unpaired) electrons. The molecule has 1 saturated heterocycles. The number of piperazine rings is 1. The van der Waals surface area contributed by atoms with Gasteiger partial charge in [0.05, 0.1) is 22.5 Å². The molecule has 0 bridgehead atoms. The first-order valence-electron chi connectivity index (χ1n) is 11.6. The lowest BCUT2D eigenvalue weighted by atomic mass is 10.0. The molecule has 9 heteroatoms. The molecule has 0 aliphatic carbocycles. The normalized spacial score (nSPS) is 15.8. The van der Waals surface area contributed by atoms with Crippen LogP contribution in [-0.2, 0) is 23.6 Å². The number of hydrogen-bond acceptors (Lipinski definition) is 5. The van der Waals surface area contributed by atoms with Crippen LogP contribution in [0.3, 0.4) is 0 Å². The molecule has 1 fully saturated rings. The summed E-state index contributed by atoms with van der Waals surface area (Å²) >= 11 is 0. The summed E-state index contributed by atoms with van der Waals surface area (Å²) in [4.78, 5) is 21.2. The van der Waals surface area contributed by atoms with E-state index in [0.29, 0.717) is 49.1 Å². The summed E-state index contributed by atoms with van der Waals surface area (Å²) in [5.41, 5.74) is 3.50. The Kier molecular flexibility index (Phi) is 6.80. The van der Waals surface area contributed by atoms with Crippen LogP contribution in [0.2, 0.25) is 0 Å². The molecular formula is C25H33N5O3S. The Morgan fingerprint density at radius 2 is 1.68 bits per heavy atom. The molecule has 1 aromatic heterocycles. The van der Waals surface area contributed by atoms with Crippen LogP contribution >= 0.6 is 0 Å². The van der Waals surface area contributed by atoms with Crippen molar-refractivity contribution in [3.05, 3.63) is 59.4 Å². The van der Waals surface area contributed by atoms with Crippen molar-refractivity contribution in [1.29, 1.82) is 0 Å². The summed E-state index contributed by atoms with van der Waals surface area (Å²) in [5.74, 6) is 1.21. The molecular weight excluding hydrogens is 450 g/mol. The van der Waals surface area contributed by atoms with Crippen LogP contribution in [0.5, 0.6) is 0 Å². The molecule has 0 unspecified atom stereocenters. The lowest BCUT2D eigenvalue weighted by molar-refractivity contribution is 0.0827. The van der Waals surface area contributed by atoms with Crippen LogP contribution in [0.15, 0.2) is 47.4 Å². The highest BCUT2D eigenvalue weighted by Crippen LogP contribution is 2.23. The zero-order chi connectivity index (χ0) is 24.6. The van der Waals surface area contributed by atoms with Crippen molar-refractivity contribution in [1.82, 2.24) is 23.7 Å². The summed E-state index contributed by atoms with van der Waals surface area (Å²) in [6, 6.07) is 12.8. The number of carbonyl (C=O) groups is 1. The van der Waals surface area contributed by atoms with Crippen molar-refractivity contribution in [2.45, 2.75) is 31.2 Å². The topological polar surface area (TPSA) is 78.8 Å². The number of carbonyl (C=O) groups excluding carboxylic acids is 1. The summed E-state index contributed by atoms with van der Waals surface area (Å²) in [6.07, 6.45) is 0. The zero-order valence-corrected chi connectivity index (χ0v) is 21.3. The van der Waals surface area contributed by atoms with E-state index in [0.717, 1.165) is 22.4 Å². The van der Waals surface area contributed by atoms with Gasteiger partial charge in [0, 0.05) is 52.9 Å². The molecule has 2 heterocycles. The number of amides is 1. The highest BCUT2D eigenvalue weighted by atomic mass is 32.2. The maximum atomic E-state index is 13.1. The molecule has 1 aliphatic rings. The number of aryl methyl sites for hydroxylation is 1. The average molecular weight is 484 g/mol. The van der Waals surface area contributed by atoms with Crippen LogP contribution in [0.1, 0.15) is 41.5 Å². The maximum Gasteiger partial charge on any atom is 0.253 e. The van der Waals surface area contributed by atoms with E-state index in [4.69, 9.17) is 4.98 Å². The van der Waals surface area contributed by atoms with Crippen LogP contribution in [-0.4, -0.2) is 78.3 Å². The van der Waals surface area contributed by atoms with Gasteiger partial charge >= 0.3 is 0 Å². The third-order valence-corrected chi connectivity index (χ3v) is 8.42. The standard InChI is InChI=1S/C25H33N5O3S/c1-18(2)19-6-9-21(10-7-19)34(32,33)30-14-12-29(13-15-30)17-24-26-22-16-20(25(31)27(3)4)8-11-23(22)28(24)5/h6-11,16,18H,12-15,17H2,1-5H3. The third kappa shape index (κ3) is 4.73. The van der Waals surface area contributed by atoms with Crippen molar-refractivity contribution in [3.63, 3.8) is 0 Å². The Morgan fingerprint density at radius 1 is 1.03 bits per heavy atom. The van der Waals surface area contributed by atoms with Crippen molar-refractivity contribution in [2.75, 3.05) is 40.3 Å². The van der Waals surface area contributed by atoms with Crippen LogP contribution in [0, 0.1) is 0 Å². The second kappa shape index (κ2) is 9.48. The predicted octanol–water partition coefficient (Wildman–Crippen LogP) is 2.91. The molecule has 182 valence electrons. The number of imidazole rings is 1. The predicted molar refractivity (Wildman–Crippen MR) is 133 cm³/mol. The number of rotatable bonds is 6. The van der Waals surface area contributed by atoms with Crippen molar-refractivity contribution < 1.29 is 13.2 Å². The number of benzene rings is 2. The lowest BCUT2D eigenvalue weighted by Crippen LogP contribution is -2.48. The van der Waals surface area contributed by atoms with E-state index in [2.05, 4.69) is 18.7 Å². The largest absolute Gasteiger partial charge is 0.345 e. The van der Waals surface area contributed by atoms with E-state index >= 15 is 0 Å². The van der Waals surface area contributed by atoms with Gasteiger partial charge in [-0.15, -0.1) is 0 Å². The van der Waals surface area contributed by atoms with Crippen LogP contribution in [0.25, 0.3) is 11.0 Å². The fourth-order valence-corrected chi connectivity index (χ4v) is 5.71. The molecule has 0 N–H and O–H groups in total. The first kappa shape index (κ1) is 24.4. The lowest BCUT2D eigenvalue weighted by Gasteiger charge is -2.33. The summed E-state index contributed by atoms with van der Waals surface area (Å²) in [6.45, 7) is 6.97. The van der Waals surface area contributed by atoms with Crippen molar-refractivity contribution in [3.8, 4) is 0 Å². The Labute approximate surface area is 201 Å². The van der Waals surface area contributed by atoms with Gasteiger partial charge in [-0.1, -0.05) is 26.0 Å². The fourth-order valence-electron chi connectivity index (χ4n) is 4.28. The highest BCUT2D eigenvalue weighted by Gasteiger charge is 2.29. The fraction of sp³-hybridized carbons (Fsp3) is 0.440. The highest BCUT2D eigenvalue weighted by molar-refractivity contribution is 7.89. The van der Waals surface area contributed by atoms with Gasteiger partial charge in [-0.25, -0.2) is 13.4 Å². The first-order valence-corrected chi connectivity index (χ1v) is 13.0. The molecule has 34 heavy (non-hydrogen) atoms. The van der Waals surface area contributed by atoms with E-state index in [-0.39, 0.29) is 5.91 Å². The quantitative estimate of drug-likeness (QED) is 0.539. The Balaban J connectivity index is 1.43. The Bertz CT molecular complexity index is 1290. The van der Waals surface area contributed by atoms with Gasteiger partial charge in [-0.3, -0.25) is 9.69 Å². The van der Waals surface area contributed by atoms with Gasteiger partial charge in [0.2, 0.25) is 10.0 Å². The molecule has 1 amide bonds. The number of nitrogens with zero attached hydrogens (tertiary/aromatic N) is 5. The van der Waals surface area contributed by atoms with E-state index in [9.17, 15) is 13.2 Å². The minimum Gasteiger partial charge on any atom is -0.345 e. The zero-order valence-electron chi connectivity index (χ0n) is 20.5. The molecule has 0 spiro atoms. The number of hydrogen-bond donors (Lipinski definition) is 0. The van der Waals surface area contributed by atoms with Crippen molar-refractivity contribution in [2.24, 2.45) is 7.05 Å². The minimum atomic E-state index is -3.50. The number of fused-ring (bicyclic) bond motifs is 1. The molecule has 0 atom stereocenters. The van der Waals surface area contributed by atoms with Gasteiger partial charge in [0.1, 0.15) is 5.82 Å². The van der Waals surface area contributed by atoms with Gasteiger partial charge < -0.3 is 9.47 Å². The second-order valence-corrected chi connectivity index (χ2v) is 11.3. The SMILES string of the molecule is CC(C)c1ccc(S(=O)(=O)N2CCN(Cc3nc4cc(C(=O)N(C)C)ccc4n3C)CC2)cc1. The maximum absolute atomic E-state index is 13.1. The van der Waals surface area contributed by atoms with Gasteiger partial charge in [0.15, 0.2) is 0 Å². The first-order chi connectivity index (χ1) is 16.1. The van der Waals surface area contributed by atoms with E-state index in [1.54, 1.807) is 35.4 Å². The molecule has 8 nitrogen and oxygen atoms in total. The molecule has 3 aromatic rings. The summed E-state index contributed by atoms with van der Waals surface area (Å²) in [5, 5.41) is 0. The van der Waals surface area contributed by atoms with Gasteiger partial charge in [0.25, 0.3) is 5.91 Å². The summed E-state index contributed by atoms with van der Waals surface area (Å²) < 4.78 is 29.8. The van der Waals surface area contributed by atoms with Gasteiger partial charge in [-0.05, 0) is 41.8 Å². The Morgan fingerprint density at radius 3 is 2.26 bits per heavy atom. The molecule has 1 aliphatic heterocycles. The molecule has 2 aromatic carbocycles. The molecule has 4 rings (SSSR count). The van der Waals surface area contributed by atoms with Gasteiger partial charge in [-0.2, -0.15) is 4.31 Å². The minimum absolute atomic E-state index is 0.0507. The third-order valence-electron chi connectivity index (χ3n) is 6.51. The van der Waals surface area contributed by atoms with Crippen LogP contribution in [0.4, 0.5) is 0 Å². The van der Waals surface area contributed by atoms with E-state index in [1.165, 1.54) is 0 Å². The van der Waals surface area contributed by atoms with E-state index in [1.807, 2.05) is 41.9 Å². The number of aromatic nitrogens is 2.